The Balaban J connectivity index is 1.63. The zero-order valence-corrected chi connectivity index (χ0v) is 18.0. The quantitative estimate of drug-likeness (QED) is 0.456. The molecule has 154 valence electrons. The highest BCUT2D eigenvalue weighted by atomic mass is 16.3. The number of aryl methyl sites for hydroxylation is 1. The summed E-state index contributed by atoms with van der Waals surface area (Å²) in [6.07, 6.45) is 0. The molecule has 30 heavy (non-hydrogen) atoms. The first-order valence-corrected chi connectivity index (χ1v) is 10.2. The Morgan fingerprint density at radius 1 is 1.07 bits per heavy atom. The Kier molecular flexibility index (Phi) is 5.16. The van der Waals surface area contributed by atoms with Crippen molar-refractivity contribution in [3.05, 3.63) is 77.6 Å². The Bertz CT molecular complexity index is 1170. The van der Waals surface area contributed by atoms with E-state index in [1.165, 1.54) is 0 Å². The van der Waals surface area contributed by atoms with Gasteiger partial charge >= 0.3 is 0 Å². The minimum Gasteiger partial charge on any atom is -0.459 e. The predicted octanol–water partition coefficient (Wildman–Crippen LogP) is 5.28. The maximum Gasteiger partial charge on any atom is 0.293 e. The van der Waals surface area contributed by atoms with E-state index in [1.54, 1.807) is 16.6 Å². The maximum atomic E-state index is 13.1. The van der Waals surface area contributed by atoms with Crippen molar-refractivity contribution in [3.8, 4) is 5.69 Å². The Morgan fingerprint density at radius 3 is 2.50 bits per heavy atom. The average molecular weight is 402 g/mol. The van der Waals surface area contributed by atoms with Gasteiger partial charge in [0, 0.05) is 12.4 Å². The molecule has 1 unspecified atom stereocenters. The third kappa shape index (κ3) is 3.49. The van der Waals surface area contributed by atoms with Gasteiger partial charge in [-0.15, -0.1) is 5.10 Å². The average Bonchev–Trinajstić information content (AvgIpc) is 3.35. The van der Waals surface area contributed by atoms with E-state index >= 15 is 0 Å². The number of aromatic nitrogens is 3. The summed E-state index contributed by atoms with van der Waals surface area (Å²) in [6.45, 7) is 8.08. The van der Waals surface area contributed by atoms with Gasteiger partial charge in [0.2, 0.25) is 5.82 Å². The second kappa shape index (κ2) is 7.78. The molecule has 0 fully saturated rings. The molecular formula is C24H26N4O2. The number of amides is 1. The number of carbonyl (C=O) groups is 1. The Labute approximate surface area is 176 Å². The van der Waals surface area contributed by atoms with Crippen LogP contribution < -0.4 is 0 Å². The highest BCUT2D eigenvalue weighted by Crippen LogP contribution is 2.28. The number of benzene rings is 2. The monoisotopic (exact) mass is 402 g/mol. The van der Waals surface area contributed by atoms with Crippen molar-refractivity contribution in [2.75, 3.05) is 7.05 Å². The lowest BCUT2D eigenvalue weighted by Crippen LogP contribution is -2.30. The molecule has 0 aliphatic carbocycles. The van der Waals surface area contributed by atoms with Gasteiger partial charge in [0.25, 0.3) is 5.91 Å². The van der Waals surface area contributed by atoms with E-state index in [1.807, 2.05) is 62.4 Å². The molecule has 0 aliphatic rings. The lowest BCUT2D eigenvalue weighted by atomic mass is 10.0. The summed E-state index contributed by atoms with van der Waals surface area (Å²) in [7, 11) is 1.75. The Morgan fingerprint density at radius 2 is 1.77 bits per heavy atom. The molecule has 0 saturated heterocycles. The lowest BCUT2D eigenvalue weighted by molar-refractivity contribution is 0.0715. The van der Waals surface area contributed by atoms with Crippen LogP contribution in [0.15, 0.2) is 59.0 Å². The first kappa shape index (κ1) is 19.9. The van der Waals surface area contributed by atoms with Gasteiger partial charge in [-0.3, -0.25) is 4.79 Å². The topological polar surface area (TPSA) is 64.2 Å². The molecule has 1 amide bonds. The normalized spacial score (nSPS) is 12.5. The molecular weight excluding hydrogens is 376 g/mol. The predicted molar refractivity (Wildman–Crippen MR) is 117 cm³/mol. The van der Waals surface area contributed by atoms with Gasteiger partial charge in [-0.2, -0.15) is 0 Å². The highest BCUT2D eigenvalue weighted by Gasteiger charge is 2.26. The molecule has 0 N–H and O–H groups in total. The molecule has 0 radical (unpaired) electrons. The van der Waals surface area contributed by atoms with E-state index in [0.29, 0.717) is 11.7 Å². The molecule has 2 heterocycles. The van der Waals surface area contributed by atoms with Crippen LogP contribution in [0.4, 0.5) is 0 Å². The van der Waals surface area contributed by atoms with Crippen molar-refractivity contribution in [1.29, 1.82) is 0 Å². The van der Waals surface area contributed by atoms with Gasteiger partial charge in [0.1, 0.15) is 17.2 Å². The van der Waals surface area contributed by atoms with Crippen LogP contribution in [-0.4, -0.2) is 32.6 Å². The van der Waals surface area contributed by atoms with E-state index in [-0.39, 0.29) is 17.8 Å². The van der Waals surface area contributed by atoms with Gasteiger partial charge in [-0.1, -0.05) is 50.2 Å². The van der Waals surface area contributed by atoms with Gasteiger partial charge in [0.05, 0.1) is 11.7 Å². The number of hydrogen-bond donors (Lipinski definition) is 0. The first-order chi connectivity index (χ1) is 14.4. The van der Waals surface area contributed by atoms with Gasteiger partial charge in [-0.25, -0.2) is 9.67 Å². The van der Waals surface area contributed by atoms with Crippen LogP contribution in [0.5, 0.6) is 0 Å². The fourth-order valence-electron chi connectivity index (χ4n) is 3.61. The molecule has 2 aromatic carbocycles. The summed E-state index contributed by atoms with van der Waals surface area (Å²) < 4.78 is 7.69. The van der Waals surface area contributed by atoms with E-state index in [0.717, 1.165) is 28.0 Å². The molecule has 2 aromatic heterocycles. The molecule has 4 aromatic rings. The summed E-state index contributed by atoms with van der Waals surface area (Å²) >= 11 is 0. The smallest absolute Gasteiger partial charge is 0.293 e. The summed E-state index contributed by atoms with van der Waals surface area (Å²) in [5.41, 5.74) is 2.92. The van der Waals surface area contributed by atoms with E-state index in [2.05, 4.69) is 30.0 Å². The van der Waals surface area contributed by atoms with Crippen LogP contribution in [-0.2, 0) is 0 Å². The summed E-state index contributed by atoms with van der Waals surface area (Å²) in [6, 6.07) is 17.6. The number of rotatable bonds is 5. The third-order valence-corrected chi connectivity index (χ3v) is 5.50. The minimum absolute atomic E-state index is 0.177. The van der Waals surface area contributed by atoms with Gasteiger partial charge in [-0.05, 0) is 43.5 Å². The molecule has 4 rings (SSSR count). The van der Waals surface area contributed by atoms with Crippen molar-refractivity contribution in [2.45, 2.75) is 39.7 Å². The first-order valence-electron chi connectivity index (χ1n) is 10.2. The Hall–Kier alpha value is -3.41. The third-order valence-electron chi connectivity index (χ3n) is 5.50. The lowest BCUT2D eigenvalue weighted by Gasteiger charge is -2.21. The van der Waals surface area contributed by atoms with E-state index in [9.17, 15) is 4.79 Å². The number of furan rings is 1. The van der Waals surface area contributed by atoms with Crippen LogP contribution in [0.2, 0.25) is 0 Å². The molecule has 6 heteroatoms. The fraction of sp³-hybridized carbons (Fsp3) is 0.292. The second-order valence-electron chi connectivity index (χ2n) is 7.89. The molecule has 0 saturated carbocycles. The van der Waals surface area contributed by atoms with Gasteiger partial charge in [0.15, 0.2) is 0 Å². The molecule has 6 nitrogen and oxygen atoms in total. The number of para-hydroxylation sites is 2. The zero-order valence-electron chi connectivity index (χ0n) is 18.0. The van der Waals surface area contributed by atoms with Gasteiger partial charge < -0.3 is 9.32 Å². The van der Waals surface area contributed by atoms with Crippen molar-refractivity contribution in [3.63, 3.8) is 0 Å². The number of carbonyl (C=O) groups excluding carboxylic acids is 1. The summed E-state index contributed by atoms with van der Waals surface area (Å²) in [5.74, 6) is 1.67. The zero-order chi connectivity index (χ0) is 21.4. The second-order valence-corrected chi connectivity index (χ2v) is 7.89. The van der Waals surface area contributed by atoms with Crippen molar-refractivity contribution in [1.82, 2.24) is 19.7 Å². The van der Waals surface area contributed by atoms with Crippen LogP contribution in [0, 0.1) is 6.92 Å². The van der Waals surface area contributed by atoms with Crippen LogP contribution in [0.1, 0.15) is 60.5 Å². The fourth-order valence-corrected chi connectivity index (χ4v) is 3.61. The summed E-state index contributed by atoms with van der Waals surface area (Å²) in [5, 5.41) is 5.56. The van der Waals surface area contributed by atoms with Crippen LogP contribution in [0.3, 0.4) is 0 Å². The van der Waals surface area contributed by atoms with Crippen molar-refractivity contribution >= 4 is 16.9 Å². The largest absolute Gasteiger partial charge is 0.459 e. The van der Waals surface area contributed by atoms with E-state index < -0.39 is 0 Å². The number of nitrogens with zero attached hydrogens (tertiary/aromatic N) is 4. The molecule has 0 bridgehead atoms. The van der Waals surface area contributed by atoms with Crippen LogP contribution >= 0.6 is 0 Å². The molecule has 0 aliphatic heterocycles. The van der Waals surface area contributed by atoms with Crippen molar-refractivity contribution in [2.24, 2.45) is 0 Å². The highest BCUT2D eigenvalue weighted by molar-refractivity contribution is 5.90. The van der Waals surface area contributed by atoms with Crippen LogP contribution in [0.25, 0.3) is 16.7 Å². The van der Waals surface area contributed by atoms with E-state index in [4.69, 9.17) is 4.42 Å². The SMILES string of the molecule is Cc1nc(C(=O)N(C)C(C)c2cc3ccccc3o2)nn1-c1ccccc1C(C)C. The maximum absolute atomic E-state index is 13.1. The molecule has 0 spiro atoms. The summed E-state index contributed by atoms with van der Waals surface area (Å²) in [4.78, 5) is 19.2. The van der Waals surface area contributed by atoms with Crippen molar-refractivity contribution < 1.29 is 9.21 Å². The minimum atomic E-state index is -0.250. The standard InChI is InChI=1S/C24H26N4O2/c1-15(2)19-11-7-8-12-20(19)28-17(4)25-23(26-28)24(29)27(5)16(3)22-14-18-10-6-9-13-21(18)30-22/h6-16H,1-5H3. The molecule has 1 atom stereocenters. The number of fused-ring (bicyclic) bond motifs is 1. The number of hydrogen-bond acceptors (Lipinski definition) is 4.